The van der Waals surface area contributed by atoms with Crippen LogP contribution in [-0.2, 0) is 0 Å². The summed E-state index contributed by atoms with van der Waals surface area (Å²) in [7, 11) is 2.21. The van der Waals surface area contributed by atoms with Crippen molar-refractivity contribution in [3.05, 3.63) is 23.9 Å². The smallest absolute Gasteiger partial charge is 0.126 e. The number of rotatable bonds is 3. The van der Waals surface area contributed by atoms with Crippen LogP contribution in [0, 0.1) is 0 Å². The third kappa shape index (κ3) is 2.29. The monoisotopic (exact) mass is 231 g/mol. The lowest BCUT2D eigenvalue weighted by molar-refractivity contribution is 0.317. The molecule has 3 rings (SSSR count). The number of aromatic nitrogens is 1. The second-order valence-electron chi connectivity index (χ2n) is 5.39. The Balaban J connectivity index is 1.66. The molecule has 2 aliphatic rings. The van der Waals surface area contributed by atoms with Gasteiger partial charge in [0.05, 0.1) is 0 Å². The van der Waals surface area contributed by atoms with Gasteiger partial charge in [0.15, 0.2) is 0 Å². The average molecular weight is 231 g/mol. The molecule has 1 aliphatic heterocycles. The summed E-state index contributed by atoms with van der Waals surface area (Å²) >= 11 is 0. The van der Waals surface area contributed by atoms with Crippen LogP contribution in [0.2, 0.25) is 0 Å². The van der Waals surface area contributed by atoms with E-state index in [1.807, 2.05) is 6.20 Å². The predicted molar refractivity (Wildman–Crippen MR) is 70.1 cm³/mol. The van der Waals surface area contributed by atoms with Gasteiger partial charge >= 0.3 is 0 Å². The summed E-state index contributed by atoms with van der Waals surface area (Å²) in [6, 6.07) is 5.63. The van der Waals surface area contributed by atoms with Crippen LogP contribution >= 0.6 is 0 Å². The quantitative estimate of drug-likeness (QED) is 0.867. The minimum atomic E-state index is 0.584. The molecule has 0 aromatic carbocycles. The van der Waals surface area contributed by atoms with Crippen molar-refractivity contribution in [2.45, 2.75) is 44.2 Å². The van der Waals surface area contributed by atoms with Crippen molar-refractivity contribution in [3.8, 4) is 0 Å². The summed E-state index contributed by atoms with van der Waals surface area (Å²) in [4.78, 5) is 6.97. The molecule has 1 aromatic rings. The molecule has 17 heavy (non-hydrogen) atoms. The molecule has 92 valence electrons. The van der Waals surface area contributed by atoms with Crippen molar-refractivity contribution in [1.82, 2.24) is 9.88 Å². The predicted octanol–water partition coefficient (Wildman–Crippen LogP) is 2.81. The van der Waals surface area contributed by atoms with E-state index >= 15 is 0 Å². The average Bonchev–Trinajstić information content (AvgIpc) is 2.71. The van der Waals surface area contributed by atoms with E-state index in [0.717, 1.165) is 5.82 Å². The number of hydrogen-bond donors (Lipinski definition) is 1. The second-order valence-corrected chi connectivity index (χ2v) is 5.39. The van der Waals surface area contributed by atoms with Crippen molar-refractivity contribution in [3.63, 3.8) is 0 Å². The van der Waals surface area contributed by atoms with E-state index in [1.54, 1.807) is 0 Å². The fourth-order valence-electron chi connectivity index (χ4n) is 2.78. The third-order valence-electron chi connectivity index (χ3n) is 4.15. The summed E-state index contributed by atoms with van der Waals surface area (Å²) < 4.78 is 0. The lowest BCUT2D eigenvalue weighted by Gasteiger charge is -2.27. The maximum atomic E-state index is 4.54. The molecule has 0 radical (unpaired) electrons. The molecular formula is C14H21N3. The van der Waals surface area contributed by atoms with Crippen molar-refractivity contribution >= 4 is 5.82 Å². The number of hydrogen-bond acceptors (Lipinski definition) is 3. The van der Waals surface area contributed by atoms with E-state index in [-0.39, 0.29) is 0 Å². The van der Waals surface area contributed by atoms with Gasteiger partial charge in [0.2, 0.25) is 0 Å². The van der Waals surface area contributed by atoms with Gasteiger partial charge < -0.3 is 5.32 Å². The first-order chi connectivity index (χ1) is 8.33. The zero-order chi connectivity index (χ0) is 11.7. The van der Waals surface area contributed by atoms with Gasteiger partial charge in [-0.1, -0.05) is 6.07 Å². The van der Waals surface area contributed by atoms with Gasteiger partial charge in [-0.25, -0.2) is 4.98 Å². The standard InChI is InChI=1S/C14H21N3/c1-17-9-3-6-13(17)11-7-8-14(15-10-11)16-12-4-2-5-12/h7-8,10,12-13H,2-6,9H2,1H3,(H,15,16)/t13-/m1/s1. The molecule has 0 unspecified atom stereocenters. The minimum absolute atomic E-state index is 0.584. The molecule has 0 spiro atoms. The van der Waals surface area contributed by atoms with Gasteiger partial charge in [0.25, 0.3) is 0 Å². The first-order valence-corrected chi connectivity index (χ1v) is 6.75. The fourth-order valence-corrected chi connectivity index (χ4v) is 2.78. The van der Waals surface area contributed by atoms with Crippen LogP contribution in [0.4, 0.5) is 5.82 Å². The van der Waals surface area contributed by atoms with Crippen molar-refractivity contribution in [2.24, 2.45) is 0 Å². The number of pyridine rings is 1. The summed E-state index contributed by atoms with van der Waals surface area (Å²) in [6.45, 7) is 1.22. The molecule has 1 aliphatic carbocycles. The SMILES string of the molecule is CN1CCC[C@@H]1c1ccc(NC2CCC2)nc1. The number of nitrogens with one attached hydrogen (secondary N) is 1. The maximum absolute atomic E-state index is 4.54. The van der Waals surface area contributed by atoms with E-state index in [0.29, 0.717) is 12.1 Å². The Morgan fingerprint density at radius 3 is 2.65 bits per heavy atom. The van der Waals surface area contributed by atoms with E-state index in [4.69, 9.17) is 0 Å². The molecule has 0 bridgehead atoms. The van der Waals surface area contributed by atoms with Gasteiger partial charge in [-0.05, 0) is 57.3 Å². The lowest BCUT2D eigenvalue weighted by atomic mass is 9.93. The Labute approximate surface area is 103 Å². The summed E-state index contributed by atoms with van der Waals surface area (Å²) in [5.74, 6) is 1.04. The molecule has 1 saturated heterocycles. The van der Waals surface area contributed by atoms with Gasteiger partial charge in [-0.15, -0.1) is 0 Å². The Kier molecular flexibility index (Phi) is 3.02. The summed E-state index contributed by atoms with van der Waals surface area (Å²) in [5.41, 5.74) is 1.36. The minimum Gasteiger partial charge on any atom is -0.367 e. The molecular weight excluding hydrogens is 210 g/mol. The molecule has 3 nitrogen and oxygen atoms in total. The lowest BCUT2D eigenvalue weighted by Crippen LogP contribution is -2.27. The molecule has 2 fully saturated rings. The molecule has 1 saturated carbocycles. The highest BCUT2D eigenvalue weighted by Crippen LogP contribution is 2.30. The van der Waals surface area contributed by atoms with Crippen LogP contribution in [-0.4, -0.2) is 29.5 Å². The van der Waals surface area contributed by atoms with Crippen molar-refractivity contribution in [2.75, 3.05) is 18.9 Å². The highest BCUT2D eigenvalue weighted by atomic mass is 15.1. The Bertz CT molecular complexity index is 370. The van der Waals surface area contributed by atoms with Gasteiger partial charge in [-0.2, -0.15) is 0 Å². The second kappa shape index (κ2) is 4.65. The van der Waals surface area contributed by atoms with Crippen LogP contribution in [0.3, 0.4) is 0 Å². The summed E-state index contributed by atoms with van der Waals surface area (Å²) in [5, 5.41) is 3.48. The topological polar surface area (TPSA) is 28.2 Å². The zero-order valence-electron chi connectivity index (χ0n) is 10.5. The molecule has 2 heterocycles. The van der Waals surface area contributed by atoms with Gasteiger partial charge in [-0.3, -0.25) is 4.90 Å². The molecule has 3 heteroatoms. The van der Waals surface area contributed by atoms with E-state index in [1.165, 1.54) is 44.2 Å². The van der Waals surface area contributed by atoms with Gasteiger partial charge in [0.1, 0.15) is 5.82 Å². The van der Waals surface area contributed by atoms with Crippen molar-refractivity contribution < 1.29 is 0 Å². The maximum Gasteiger partial charge on any atom is 0.126 e. The van der Waals surface area contributed by atoms with Gasteiger partial charge in [0, 0.05) is 18.3 Å². The van der Waals surface area contributed by atoms with Crippen LogP contribution in [0.25, 0.3) is 0 Å². The molecule has 1 aromatic heterocycles. The molecule has 1 atom stereocenters. The van der Waals surface area contributed by atoms with E-state index < -0.39 is 0 Å². The first kappa shape index (κ1) is 11.0. The van der Waals surface area contributed by atoms with E-state index in [9.17, 15) is 0 Å². The normalized spacial score (nSPS) is 25.8. The number of nitrogens with zero attached hydrogens (tertiary/aromatic N) is 2. The first-order valence-electron chi connectivity index (χ1n) is 6.75. The van der Waals surface area contributed by atoms with Crippen molar-refractivity contribution in [1.29, 1.82) is 0 Å². The zero-order valence-corrected chi connectivity index (χ0v) is 10.5. The Hall–Kier alpha value is -1.09. The van der Waals surface area contributed by atoms with Crippen LogP contribution < -0.4 is 5.32 Å². The Morgan fingerprint density at radius 2 is 2.12 bits per heavy atom. The van der Waals surface area contributed by atoms with Crippen LogP contribution in [0.15, 0.2) is 18.3 Å². The fraction of sp³-hybridized carbons (Fsp3) is 0.643. The van der Waals surface area contributed by atoms with Crippen LogP contribution in [0.5, 0.6) is 0 Å². The molecule has 0 amide bonds. The van der Waals surface area contributed by atoms with E-state index in [2.05, 4.69) is 34.4 Å². The highest BCUT2D eigenvalue weighted by molar-refractivity contribution is 5.38. The van der Waals surface area contributed by atoms with Crippen LogP contribution in [0.1, 0.15) is 43.7 Å². The summed E-state index contributed by atoms with van der Waals surface area (Å²) in [6.07, 6.45) is 8.59. The largest absolute Gasteiger partial charge is 0.367 e. The third-order valence-corrected chi connectivity index (χ3v) is 4.15. The highest BCUT2D eigenvalue weighted by Gasteiger charge is 2.23. The number of anilines is 1. The Morgan fingerprint density at radius 1 is 1.24 bits per heavy atom. The number of likely N-dealkylation sites (tertiary alicyclic amines) is 1. The molecule has 1 N–H and O–H groups in total.